The molecule has 4 aromatic rings. The number of rotatable bonds is 4. The third-order valence-corrected chi connectivity index (χ3v) is 6.01. The van der Waals surface area contributed by atoms with Crippen LogP contribution in [0.15, 0.2) is 66.4 Å². The third-order valence-electron chi connectivity index (χ3n) is 6.01. The van der Waals surface area contributed by atoms with Gasteiger partial charge in [-0.1, -0.05) is 42.5 Å². The molecule has 0 spiro atoms. The van der Waals surface area contributed by atoms with E-state index in [0.717, 1.165) is 46.3 Å². The van der Waals surface area contributed by atoms with E-state index in [1.54, 1.807) is 6.20 Å². The maximum absolute atomic E-state index is 9.70. The molecule has 1 aliphatic rings. The molecule has 0 atom stereocenters. The Balaban J connectivity index is 1.60. The highest BCUT2D eigenvalue weighted by molar-refractivity contribution is 5.87. The number of allylic oxidation sites excluding steroid dienone is 1. The Labute approximate surface area is 187 Å². The van der Waals surface area contributed by atoms with Gasteiger partial charge in [-0.05, 0) is 66.6 Å². The lowest BCUT2D eigenvalue weighted by Crippen LogP contribution is -2.06. The van der Waals surface area contributed by atoms with Crippen molar-refractivity contribution >= 4 is 16.7 Å². The maximum atomic E-state index is 9.70. The number of imidazole rings is 1. The van der Waals surface area contributed by atoms with Gasteiger partial charge in [-0.25, -0.2) is 4.98 Å². The summed E-state index contributed by atoms with van der Waals surface area (Å²) in [5, 5.41) is 9.70. The summed E-state index contributed by atoms with van der Waals surface area (Å²) in [6, 6.07) is 21.8. The van der Waals surface area contributed by atoms with Crippen molar-refractivity contribution in [3.63, 3.8) is 0 Å². The zero-order chi connectivity index (χ0) is 22.1. The molecule has 0 fully saturated rings. The highest BCUT2D eigenvalue weighted by Gasteiger charge is 2.21. The van der Waals surface area contributed by atoms with Crippen molar-refractivity contribution < 1.29 is 4.74 Å². The SMILES string of the molecule is CCOc1nc2cccnc2n1Cc1ccc2c(c1)CCc1ccccc1/C2=C(/C)C#N. The Morgan fingerprint density at radius 3 is 2.72 bits per heavy atom. The molecule has 0 aliphatic heterocycles. The quantitative estimate of drug-likeness (QED) is 0.419. The predicted octanol–water partition coefficient (Wildman–Crippen LogP) is 5.32. The highest BCUT2D eigenvalue weighted by atomic mass is 16.5. The molecular formula is C27H24N4O. The molecule has 0 saturated heterocycles. The monoisotopic (exact) mass is 420 g/mol. The molecule has 2 heterocycles. The largest absolute Gasteiger partial charge is 0.465 e. The van der Waals surface area contributed by atoms with E-state index in [-0.39, 0.29) is 0 Å². The van der Waals surface area contributed by atoms with Crippen molar-refractivity contribution in [2.45, 2.75) is 33.2 Å². The van der Waals surface area contributed by atoms with Gasteiger partial charge in [-0.15, -0.1) is 0 Å². The zero-order valence-corrected chi connectivity index (χ0v) is 18.3. The average molecular weight is 421 g/mol. The van der Waals surface area contributed by atoms with Crippen molar-refractivity contribution in [3.05, 3.63) is 94.2 Å². The van der Waals surface area contributed by atoms with Crippen LogP contribution >= 0.6 is 0 Å². The Hall–Kier alpha value is -3.91. The normalized spacial score (nSPS) is 14.3. The minimum atomic E-state index is 0.549. The van der Waals surface area contributed by atoms with Crippen molar-refractivity contribution in [2.24, 2.45) is 0 Å². The lowest BCUT2D eigenvalue weighted by atomic mass is 9.90. The van der Waals surface area contributed by atoms with Gasteiger partial charge in [0.05, 0.1) is 19.2 Å². The van der Waals surface area contributed by atoms with Gasteiger partial charge in [-0.2, -0.15) is 10.2 Å². The first kappa shape index (κ1) is 20.0. The van der Waals surface area contributed by atoms with Crippen LogP contribution in [0, 0.1) is 11.3 Å². The number of nitriles is 1. The minimum absolute atomic E-state index is 0.549. The first-order valence-electron chi connectivity index (χ1n) is 10.9. The van der Waals surface area contributed by atoms with E-state index in [9.17, 15) is 5.26 Å². The van der Waals surface area contributed by atoms with Crippen LogP contribution < -0.4 is 4.74 Å². The molecule has 0 unspecified atom stereocenters. The number of benzene rings is 2. The van der Waals surface area contributed by atoms with Gasteiger partial charge in [0, 0.05) is 17.3 Å². The van der Waals surface area contributed by atoms with Gasteiger partial charge in [0.1, 0.15) is 5.52 Å². The van der Waals surface area contributed by atoms with E-state index >= 15 is 0 Å². The summed E-state index contributed by atoms with van der Waals surface area (Å²) >= 11 is 0. The summed E-state index contributed by atoms with van der Waals surface area (Å²) in [6.07, 6.45) is 3.67. The van der Waals surface area contributed by atoms with Gasteiger partial charge >= 0.3 is 0 Å². The molecule has 2 aromatic carbocycles. The second-order valence-corrected chi connectivity index (χ2v) is 8.02. The van der Waals surface area contributed by atoms with Gasteiger partial charge in [-0.3, -0.25) is 4.57 Å². The maximum Gasteiger partial charge on any atom is 0.298 e. The summed E-state index contributed by atoms with van der Waals surface area (Å²) < 4.78 is 7.83. The molecule has 5 heteroatoms. The highest BCUT2D eigenvalue weighted by Crippen LogP contribution is 2.36. The van der Waals surface area contributed by atoms with Gasteiger partial charge < -0.3 is 4.74 Å². The fourth-order valence-corrected chi connectivity index (χ4v) is 4.55. The lowest BCUT2D eigenvalue weighted by Gasteiger charge is -2.15. The van der Waals surface area contributed by atoms with Gasteiger partial charge in [0.2, 0.25) is 0 Å². The summed E-state index contributed by atoms with van der Waals surface area (Å²) in [7, 11) is 0. The van der Waals surface area contributed by atoms with E-state index in [1.165, 1.54) is 16.7 Å². The van der Waals surface area contributed by atoms with Gasteiger partial charge in [0.25, 0.3) is 6.01 Å². The predicted molar refractivity (Wildman–Crippen MR) is 125 cm³/mol. The second-order valence-electron chi connectivity index (χ2n) is 8.02. The summed E-state index contributed by atoms with van der Waals surface area (Å²) in [5.41, 5.74) is 9.48. The minimum Gasteiger partial charge on any atom is -0.465 e. The van der Waals surface area contributed by atoms with Gasteiger partial charge in [0.15, 0.2) is 5.65 Å². The van der Waals surface area contributed by atoms with Crippen molar-refractivity contribution in [1.82, 2.24) is 14.5 Å². The Morgan fingerprint density at radius 1 is 1.06 bits per heavy atom. The fourth-order valence-electron chi connectivity index (χ4n) is 4.55. The molecule has 5 rings (SSSR count). The number of ether oxygens (including phenoxy) is 1. The molecule has 0 radical (unpaired) electrons. The van der Waals surface area contributed by atoms with Crippen molar-refractivity contribution in [2.75, 3.05) is 6.61 Å². The average Bonchev–Trinajstić information content (AvgIpc) is 3.07. The number of aryl methyl sites for hydroxylation is 2. The smallest absolute Gasteiger partial charge is 0.298 e. The van der Waals surface area contributed by atoms with Crippen molar-refractivity contribution in [1.29, 1.82) is 5.26 Å². The molecule has 32 heavy (non-hydrogen) atoms. The molecule has 0 N–H and O–H groups in total. The Bertz CT molecular complexity index is 1390. The first-order valence-corrected chi connectivity index (χ1v) is 10.9. The molecule has 1 aliphatic carbocycles. The lowest BCUT2D eigenvalue weighted by molar-refractivity contribution is 0.301. The number of aromatic nitrogens is 3. The zero-order valence-electron chi connectivity index (χ0n) is 18.3. The van der Waals surface area contributed by atoms with E-state index in [4.69, 9.17) is 4.74 Å². The first-order chi connectivity index (χ1) is 15.7. The third kappa shape index (κ3) is 3.44. The molecular weight excluding hydrogens is 396 g/mol. The summed E-state index contributed by atoms with van der Waals surface area (Å²) in [6.45, 7) is 5.04. The van der Waals surface area contributed by atoms with Crippen LogP contribution in [0.25, 0.3) is 16.7 Å². The molecule has 5 nitrogen and oxygen atoms in total. The number of nitrogens with zero attached hydrogens (tertiary/aromatic N) is 4. The fraction of sp³-hybridized carbons (Fsp3) is 0.222. The van der Waals surface area contributed by atoms with Crippen LogP contribution in [-0.4, -0.2) is 21.1 Å². The Kier molecular flexibility index (Phi) is 5.20. The Morgan fingerprint density at radius 2 is 1.88 bits per heavy atom. The molecule has 2 aromatic heterocycles. The molecule has 0 saturated carbocycles. The van der Waals surface area contributed by atoms with Crippen LogP contribution in [0.2, 0.25) is 0 Å². The van der Waals surface area contributed by atoms with Crippen LogP contribution in [0.1, 0.15) is 41.7 Å². The number of hydrogen-bond acceptors (Lipinski definition) is 4. The topological polar surface area (TPSA) is 63.7 Å². The van der Waals surface area contributed by atoms with E-state index in [1.807, 2.05) is 30.5 Å². The van der Waals surface area contributed by atoms with Crippen LogP contribution in [0.5, 0.6) is 6.01 Å². The van der Waals surface area contributed by atoms with E-state index in [0.29, 0.717) is 19.2 Å². The van der Waals surface area contributed by atoms with E-state index in [2.05, 4.69) is 58.5 Å². The van der Waals surface area contributed by atoms with Crippen LogP contribution in [0.4, 0.5) is 0 Å². The standard InChI is InChI=1S/C27H24N4O/c1-3-32-27-30-24-9-6-14-29-26(24)31(27)17-19-10-13-23-21(15-19)12-11-20-7-4-5-8-22(20)25(23)18(2)16-28/h4-10,13-15H,3,11-12,17H2,1-2H3/b25-18+. The molecule has 158 valence electrons. The summed E-state index contributed by atoms with van der Waals surface area (Å²) in [4.78, 5) is 9.14. The van der Waals surface area contributed by atoms with E-state index < -0.39 is 0 Å². The number of hydrogen-bond donors (Lipinski definition) is 0. The molecule has 0 amide bonds. The number of fused-ring (bicyclic) bond motifs is 3. The van der Waals surface area contributed by atoms with Crippen LogP contribution in [0.3, 0.4) is 0 Å². The summed E-state index contributed by atoms with van der Waals surface area (Å²) in [5.74, 6) is 0. The number of pyridine rings is 1. The van der Waals surface area contributed by atoms with Crippen molar-refractivity contribution in [3.8, 4) is 12.1 Å². The second kappa shape index (κ2) is 8.32. The molecule has 0 bridgehead atoms. The van der Waals surface area contributed by atoms with Crippen LogP contribution in [-0.2, 0) is 19.4 Å².